The van der Waals surface area contributed by atoms with E-state index in [1.54, 1.807) is 17.0 Å². The molecule has 2 bridgehead atoms. The van der Waals surface area contributed by atoms with Crippen LogP contribution in [0.15, 0.2) is 42.6 Å². The maximum atomic E-state index is 13.9. The van der Waals surface area contributed by atoms with Crippen molar-refractivity contribution in [2.45, 2.75) is 38.0 Å². The molecule has 0 amide bonds. The third kappa shape index (κ3) is 5.16. The number of alkyl halides is 3. The number of halogens is 5. The molecule has 40 heavy (non-hydrogen) atoms. The fourth-order valence-corrected chi connectivity index (χ4v) is 6.27. The summed E-state index contributed by atoms with van der Waals surface area (Å²) in [6, 6.07) is 9.53. The molecular weight excluding hydrogens is 546 g/mol. The minimum absolute atomic E-state index is 0.0130. The average Bonchev–Trinajstić information content (AvgIpc) is 3.55. The van der Waals surface area contributed by atoms with Crippen molar-refractivity contribution in [3.8, 4) is 11.3 Å². The van der Waals surface area contributed by atoms with Gasteiger partial charge in [-0.15, -0.1) is 0 Å². The Morgan fingerprint density at radius 3 is 2.42 bits per heavy atom. The maximum Gasteiger partial charge on any atom is 0.419 e. The number of hydrogen-bond acceptors (Lipinski definition) is 7. The summed E-state index contributed by atoms with van der Waals surface area (Å²) in [5, 5.41) is 0.0130. The molecule has 212 valence electrons. The van der Waals surface area contributed by atoms with Gasteiger partial charge in [-0.25, -0.2) is 14.4 Å². The Morgan fingerprint density at radius 2 is 1.75 bits per heavy atom. The quantitative estimate of drug-likeness (QED) is 0.367. The second kappa shape index (κ2) is 10.7. The molecule has 0 radical (unpaired) electrons. The van der Waals surface area contributed by atoms with E-state index in [4.69, 9.17) is 21.6 Å². The van der Waals surface area contributed by atoms with Gasteiger partial charge in [0.15, 0.2) is 0 Å². The number of fused-ring (bicyclic) bond motifs is 2. The van der Waals surface area contributed by atoms with Gasteiger partial charge >= 0.3 is 6.18 Å². The van der Waals surface area contributed by atoms with Crippen molar-refractivity contribution in [2.75, 3.05) is 60.5 Å². The normalized spacial score (nSPS) is 21.5. The van der Waals surface area contributed by atoms with Gasteiger partial charge < -0.3 is 14.7 Å². The van der Waals surface area contributed by atoms with Crippen LogP contribution in [-0.2, 0) is 6.18 Å². The van der Waals surface area contributed by atoms with E-state index in [1.165, 1.54) is 18.3 Å². The second-order valence-electron chi connectivity index (χ2n) is 10.6. The first-order chi connectivity index (χ1) is 19.2. The first-order valence-corrected chi connectivity index (χ1v) is 14.0. The fraction of sp³-hybridized carbons (Fsp3) is 0.464. The molecule has 0 N–H and O–H groups in total. The van der Waals surface area contributed by atoms with Crippen molar-refractivity contribution in [1.82, 2.24) is 19.9 Å². The van der Waals surface area contributed by atoms with Crippen molar-refractivity contribution in [1.29, 1.82) is 0 Å². The molecule has 5 heterocycles. The van der Waals surface area contributed by atoms with Gasteiger partial charge in [0.25, 0.3) is 0 Å². The highest BCUT2D eigenvalue weighted by Crippen LogP contribution is 2.37. The van der Waals surface area contributed by atoms with E-state index in [-0.39, 0.29) is 10.8 Å². The zero-order valence-corrected chi connectivity index (χ0v) is 22.8. The molecule has 2 atom stereocenters. The number of aromatic nitrogens is 3. The highest BCUT2D eigenvalue weighted by Gasteiger charge is 2.44. The lowest BCUT2D eigenvalue weighted by Gasteiger charge is -2.38. The molecule has 7 nitrogen and oxygen atoms in total. The van der Waals surface area contributed by atoms with E-state index in [2.05, 4.69) is 26.6 Å². The van der Waals surface area contributed by atoms with Gasteiger partial charge in [-0.1, -0.05) is 18.5 Å². The SMILES string of the molecule is CCCN1C[C@@H]2C[C@H]1CN2c1nc(-c2ccc(F)c(Cl)c2)cc(N2CCN(c3ncccc3C(F)(F)F)CC2)n1. The Bertz CT molecular complexity index is 1380. The largest absolute Gasteiger partial charge is 0.419 e. The fourth-order valence-electron chi connectivity index (χ4n) is 6.09. The Kier molecular flexibility index (Phi) is 7.20. The number of anilines is 3. The zero-order chi connectivity index (χ0) is 28.0. The molecule has 0 unspecified atom stereocenters. The van der Waals surface area contributed by atoms with Crippen molar-refractivity contribution in [3.05, 3.63) is 59.0 Å². The summed E-state index contributed by atoms with van der Waals surface area (Å²) in [5.41, 5.74) is 0.571. The predicted octanol–water partition coefficient (Wildman–Crippen LogP) is 5.35. The van der Waals surface area contributed by atoms with Crippen LogP contribution in [0.3, 0.4) is 0 Å². The summed E-state index contributed by atoms with van der Waals surface area (Å²) in [7, 11) is 0. The van der Waals surface area contributed by atoms with Crippen molar-refractivity contribution >= 4 is 29.2 Å². The van der Waals surface area contributed by atoms with E-state index in [9.17, 15) is 17.6 Å². The van der Waals surface area contributed by atoms with Gasteiger partial charge in [0.2, 0.25) is 5.95 Å². The molecule has 3 saturated heterocycles. The Balaban J connectivity index is 1.28. The summed E-state index contributed by atoms with van der Waals surface area (Å²) in [5.74, 6) is 0.745. The van der Waals surface area contributed by atoms with Gasteiger partial charge in [-0.05, 0) is 49.7 Å². The molecule has 0 saturated carbocycles. The second-order valence-corrected chi connectivity index (χ2v) is 11.0. The Morgan fingerprint density at radius 1 is 0.975 bits per heavy atom. The molecule has 3 aromatic rings. The third-order valence-electron chi connectivity index (χ3n) is 8.03. The smallest absolute Gasteiger partial charge is 0.353 e. The Hall–Kier alpha value is -3.18. The predicted molar refractivity (Wildman–Crippen MR) is 148 cm³/mol. The number of likely N-dealkylation sites (tertiary alicyclic amines) is 1. The van der Waals surface area contributed by atoms with E-state index in [1.807, 2.05) is 6.07 Å². The van der Waals surface area contributed by atoms with Crippen LogP contribution in [0.5, 0.6) is 0 Å². The summed E-state index contributed by atoms with van der Waals surface area (Å²) >= 11 is 6.10. The van der Waals surface area contributed by atoms with Crippen LogP contribution >= 0.6 is 11.6 Å². The number of benzene rings is 1. The van der Waals surface area contributed by atoms with Gasteiger partial charge in [-0.3, -0.25) is 4.90 Å². The molecule has 0 spiro atoms. The van der Waals surface area contributed by atoms with E-state index in [0.717, 1.165) is 38.5 Å². The summed E-state index contributed by atoms with van der Waals surface area (Å²) < 4.78 is 54.7. The number of hydrogen-bond donors (Lipinski definition) is 0. The molecule has 3 aliphatic heterocycles. The summed E-state index contributed by atoms with van der Waals surface area (Å²) in [6.07, 6.45) is -0.913. The minimum Gasteiger partial charge on any atom is -0.353 e. The first-order valence-electron chi connectivity index (χ1n) is 13.6. The number of rotatable bonds is 6. The molecule has 1 aromatic carbocycles. The Labute approximate surface area is 235 Å². The first kappa shape index (κ1) is 27.0. The number of pyridine rings is 1. The van der Waals surface area contributed by atoms with E-state index in [0.29, 0.717) is 61.3 Å². The van der Waals surface area contributed by atoms with E-state index < -0.39 is 17.6 Å². The van der Waals surface area contributed by atoms with Gasteiger partial charge in [0.1, 0.15) is 17.5 Å². The zero-order valence-electron chi connectivity index (χ0n) is 22.1. The highest BCUT2D eigenvalue weighted by molar-refractivity contribution is 6.31. The highest BCUT2D eigenvalue weighted by atomic mass is 35.5. The number of nitrogens with zero attached hydrogens (tertiary/aromatic N) is 7. The van der Waals surface area contributed by atoms with Crippen LogP contribution < -0.4 is 14.7 Å². The standard InChI is InChI=1S/C28H30ClF4N7/c1-2-8-39-16-20-14-19(39)17-40(20)27-35-24(18-5-6-23(30)22(29)13-18)15-25(36-27)37-9-11-38(12-10-37)26-21(28(31,32)33)4-3-7-34-26/h3-7,13,15,19-20H,2,8-12,14,16-17H2,1H3/t19-,20-/m0/s1. The van der Waals surface area contributed by atoms with E-state index >= 15 is 0 Å². The molecular formula is C28H30ClF4N7. The van der Waals surface area contributed by atoms with Crippen LogP contribution in [0, 0.1) is 5.82 Å². The van der Waals surface area contributed by atoms with Gasteiger partial charge in [0, 0.05) is 69.2 Å². The molecule has 0 aliphatic carbocycles. The van der Waals surface area contributed by atoms with Gasteiger partial charge in [0.05, 0.1) is 16.3 Å². The molecule has 3 fully saturated rings. The number of piperazine rings is 2. The van der Waals surface area contributed by atoms with Crippen LogP contribution in [0.2, 0.25) is 5.02 Å². The van der Waals surface area contributed by atoms with Crippen molar-refractivity contribution in [3.63, 3.8) is 0 Å². The van der Waals surface area contributed by atoms with Gasteiger partial charge in [-0.2, -0.15) is 18.2 Å². The third-order valence-corrected chi connectivity index (χ3v) is 8.32. The van der Waals surface area contributed by atoms with Crippen LogP contribution in [0.4, 0.5) is 35.1 Å². The lowest BCUT2D eigenvalue weighted by Crippen LogP contribution is -2.48. The topological polar surface area (TPSA) is 51.6 Å². The molecule has 3 aliphatic rings. The summed E-state index contributed by atoms with van der Waals surface area (Å²) in [6.45, 7) is 6.71. The van der Waals surface area contributed by atoms with Crippen LogP contribution in [0.1, 0.15) is 25.3 Å². The minimum atomic E-state index is -4.48. The summed E-state index contributed by atoms with van der Waals surface area (Å²) in [4.78, 5) is 22.4. The molecule has 2 aromatic heterocycles. The van der Waals surface area contributed by atoms with Crippen molar-refractivity contribution in [2.24, 2.45) is 0 Å². The molecule has 6 rings (SSSR count). The lowest BCUT2D eigenvalue weighted by atomic mass is 10.1. The maximum absolute atomic E-state index is 13.9. The van der Waals surface area contributed by atoms with Crippen LogP contribution in [0.25, 0.3) is 11.3 Å². The van der Waals surface area contributed by atoms with Crippen molar-refractivity contribution < 1.29 is 17.6 Å². The van der Waals surface area contributed by atoms with Crippen LogP contribution in [-0.4, -0.2) is 77.7 Å². The molecule has 12 heteroatoms. The lowest BCUT2D eigenvalue weighted by molar-refractivity contribution is -0.137. The monoisotopic (exact) mass is 575 g/mol. The average molecular weight is 576 g/mol.